The molecule has 0 aromatic carbocycles. The van der Waals surface area contributed by atoms with Gasteiger partial charge in [-0.05, 0) is 64.0 Å². The minimum atomic E-state index is -0.151. The number of hydrogen-bond acceptors (Lipinski definition) is 8. The molecule has 2 heterocycles. The summed E-state index contributed by atoms with van der Waals surface area (Å²) in [6.07, 6.45) is 0. The van der Waals surface area contributed by atoms with Crippen LogP contribution in [0.1, 0.15) is 33.4 Å². The zero-order valence-electron chi connectivity index (χ0n) is 13.8. The molecule has 0 fully saturated rings. The number of halogens is 1. The van der Waals surface area contributed by atoms with Crippen LogP contribution in [0.4, 0.5) is 11.9 Å². The van der Waals surface area contributed by atoms with E-state index in [1.165, 1.54) is 11.8 Å². The lowest BCUT2D eigenvalue weighted by molar-refractivity contribution is 0.622. The van der Waals surface area contributed by atoms with Gasteiger partial charge < -0.3 is 10.6 Å². The lowest BCUT2D eigenvalue weighted by atomic mass is 10.1. The molecule has 0 aliphatic rings. The summed E-state index contributed by atoms with van der Waals surface area (Å²) >= 11 is 7.22. The van der Waals surface area contributed by atoms with Gasteiger partial charge in [0.1, 0.15) is 5.03 Å². The van der Waals surface area contributed by atoms with Gasteiger partial charge in [-0.25, -0.2) is 9.97 Å². The van der Waals surface area contributed by atoms with E-state index in [1.807, 2.05) is 40.7 Å². The summed E-state index contributed by atoms with van der Waals surface area (Å²) in [6.45, 7) is 10.7. The highest BCUT2D eigenvalue weighted by molar-refractivity contribution is 7.99. The van der Waals surface area contributed by atoms with Crippen molar-refractivity contribution in [2.75, 3.05) is 17.2 Å². The second-order valence-electron chi connectivity index (χ2n) is 5.89. The van der Waals surface area contributed by atoms with Crippen LogP contribution in [0.15, 0.2) is 16.2 Å². The third-order valence-electron chi connectivity index (χ3n) is 2.44. The lowest BCUT2D eigenvalue weighted by Gasteiger charge is -2.20. The van der Waals surface area contributed by atoms with Crippen molar-refractivity contribution in [3.05, 3.63) is 17.0 Å². The fourth-order valence-electron chi connectivity index (χ4n) is 1.68. The maximum atomic E-state index is 5.90. The molecule has 0 spiro atoms. The van der Waals surface area contributed by atoms with Crippen LogP contribution in [-0.2, 0) is 0 Å². The van der Waals surface area contributed by atoms with Gasteiger partial charge in [0.25, 0.3) is 0 Å². The van der Waals surface area contributed by atoms with E-state index >= 15 is 0 Å². The number of aromatic nitrogens is 5. The zero-order valence-corrected chi connectivity index (χ0v) is 15.4. The molecule has 2 aromatic rings. The Morgan fingerprint density at radius 3 is 2.39 bits per heavy atom. The first kappa shape index (κ1) is 17.7. The highest BCUT2D eigenvalue weighted by atomic mass is 35.5. The van der Waals surface area contributed by atoms with E-state index in [1.54, 1.807) is 0 Å². The van der Waals surface area contributed by atoms with Crippen LogP contribution in [0, 0.1) is 6.92 Å². The van der Waals surface area contributed by atoms with Gasteiger partial charge in [-0.3, -0.25) is 0 Å². The van der Waals surface area contributed by atoms with Crippen molar-refractivity contribution >= 4 is 35.3 Å². The van der Waals surface area contributed by atoms with Crippen LogP contribution < -0.4 is 10.6 Å². The van der Waals surface area contributed by atoms with Gasteiger partial charge in [0.05, 0.1) is 0 Å². The Bertz CT molecular complexity index is 667. The predicted molar refractivity (Wildman–Crippen MR) is 93.3 cm³/mol. The van der Waals surface area contributed by atoms with Gasteiger partial charge in [0.15, 0.2) is 0 Å². The van der Waals surface area contributed by atoms with Crippen LogP contribution in [0.5, 0.6) is 0 Å². The van der Waals surface area contributed by atoms with Crippen LogP contribution in [0.2, 0.25) is 5.28 Å². The highest BCUT2D eigenvalue weighted by Crippen LogP contribution is 2.26. The molecule has 23 heavy (non-hydrogen) atoms. The summed E-state index contributed by atoms with van der Waals surface area (Å²) in [5.74, 6) is 1.04. The number of anilines is 2. The molecule has 7 nitrogen and oxygen atoms in total. The fourth-order valence-corrected chi connectivity index (χ4v) is 2.77. The van der Waals surface area contributed by atoms with Crippen molar-refractivity contribution < 1.29 is 0 Å². The smallest absolute Gasteiger partial charge is 0.228 e. The standard InChI is InChI=1S/C14H20ClN7S/c1-6-16-11-19-12(22-14(3,4)5)21-13(20-11)23-9-7-8(2)17-10(15)18-9/h7H,6H2,1-5H3,(H2,16,19,20,21,22). The second-order valence-corrected chi connectivity index (χ2v) is 7.21. The molecule has 124 valence electrons. The summed E-state index contributed by atoms with van der Waals surface area (Å²) in [5.41, 5.74) is 0.642. The normalized spacial score (nSPS) is 11.4. The quantitative estimate of drug-likeness (QED) is 0.624. The number of nitrogens with one attached hydrogen (secondary N) is 2. The third-order valence-corrected chi connectivity index (χ3v) is 3.39. The van der Waals surface area contributed by atoms with Crippen LogP contribution >= 0.6 is 23.4 Å². The molecule has 2 N–H and O–H groups in total. The number of nitrogens with zero attached hydrogens (tertiary/aromatic N) is 5. The van der Waals surface area contributed by atoms with Gasteiger partial charge in [-0.2, -0.15) is 15.0 Å². The molecule has 9 heteroatoms. The van der Waals surface area contributed by atoms with E-state index in [4.69, 9.17) is 11.6 Å². The Labute approximate surface area is 145 Å². The predicted octanol–water partition coefficient (Wildman–Crippen LogP) is 3.42. The SMILES string of the molecule is CCNc1nc(NC(C)(C)C)nc(Sc2cc(C)nc(Cl)n2)n1. The number of hydrogen-bond donors (Lipinski definition) is 2. The Morgan fingerprint density at radius 2 is 1.78 bits per heavy atom. The van der Waals surface area contributed by atoms with Gasteiger partial charge in [-0.15, -0.1) is 0 Å². The largest absolute Gasteiger partial charge is 0.354 e. The van der Waals surface area contributed by atoms with Gasteiger partial charge in [0, 0.05) is 17.8 Å². The van der Waals surface area contributed by atoms with Crippen molar-refractivity contribution in [2.24, 2.45) is 0 Å². The molecule has 0 aliphatic heterocycles. The molecule has 0 unspecified atom stereocenters. The highest BCUT2D eigenvalue weighted by Gasteiger charge is 2.15. The minimum absolute atomic E-state index is 0.151. The third kappa shape index (κ3) is 5.80. The summed E-state index contributed by atoms with van der Waals surface area (Å²) in [4.78, 5) is 21.4. The first-order valence-corrected chi connectivity index (χ1v) is 8.42. The Hall–Kier alpha value is -1.67. The molecule has 0 bridgehead atoms. The molecule has 0 amide bonds. The summed E-state index contributed by atoms with van der Waals surface area (Å²) in [5, 5.41) is 7.80. The maximum Gasteiger partial charge on any atom is 0.228 e. The molecular weight excluding hydrogens is 334 g/mol. The Kier molecular flexibility index (Phi) is 5.59. The van der Waals surface area contributed by atoms with E-state index in [9.17, 15) is 0 Å². The van der Waals surface area contributed by atoms with Crippen molar-refractivity contribution in [3.63, 3.8) is 0 Å². The zero-order chi connectivity index (χ0) is 17.0. The van der Waals surface area contributed by atoms with E-state index in [0.717, 1.165) is 12.2 Å². The fraction of sp³-hybridized carbons (Fsp3) is 0.500. The van der Waals surface area contributed by atoms with Gasteiger partial charge in [-0.1, -0.05) is 0 Å². The Morgan fingerprint density at radius 1 is 1.09 bits per heavy atom. The summed E-state index contributed by atoms with van der Waals surface area (Å²) in [6, 6.07) is 1.84. The van der Waals surface area contributed by atoms with E-state index in [2.05, 4.69) is 35.6 Å². The lowest BCUT2D eigenvalue weighted by Crippen LogP contribution is -2.27. The molecular formula is C14H20ClN7S. The first-order chi connectivity index (χ1) is 10.7. The minimum Gasteiger partial charge on any atom is -0.354 e. The number of rotatable bonds is 5. The van der Waals surface area contributed by atoms with Crippen molar-refractivity contribution in [2.45, 2.75) is 50.3 Å². The van der Waals surface area contributed by atoms with Crippen LogP contribution in [-0.4, -0.2) is 37.0 Å². The molecule has 2 aromatic heterocycles. The van der Waals surface area contributed by atoms with Crippen LogP contribution in [0.25, 0.3) is 0 Å². The number of aryl methyl sites for hydroxylation is 1. The molecule has 0 radical (unpaired) electrons. The second kappa shape index (κ2) is 7.27. The van der Waals surface area contributed by atoms with Crippen molar-refractivity contribution in [1.82, 2.24) is 24.9 Å². The van der Waals surface area contributed by atoms with E-state index in [-0.39, 0.29) is 10.8 Å². The van der Waals surface area contributed by atoms with Gasteiger partial charge >= 0.3 is 0 Å². The molecule has 0 saturated heterocycles. The van der Waals surface area contributed by atoms with Crippen molar-refractivity contribution in [1.29, 1.82) is 0 Å². The average Bonchev–Trinajstić information content (AvgIpc) is 2.35. The molecule has 0 aliphatic carbocycles. The monoisotopic (exact) mass is 353 g/mol. The topological polar surface area (TPSA) is 88.5 Å². The molecule has 2 rings (SSSR count). The Balaban J connectivity index is 2.32. The molecule has 0 atom stereocenters. The molecule has 0 saturated carbocycles. The van der Waals surface area contributed by atoms with E-state index in [0.29, 0.717) is 22.1 Å². The maximum absolute atomic E-state index is 5.90. The average molecular weight is 354 g/mol. The summed E-state index contributed by atoms with van der Waals surface area (Å²) in [7, 11) is 0. The van der Waals surface area contributed by atoms with Gasteiger partial charge in [0.2, 0.25) is 22.3 Å². The first-order valence-electron chi connectivity index (χ1n) is 7.22. The van der Waals surface area contributed by atoms with Crippen LogP contribution in [0.3, 0.4) is 0 Å². The van der Waals surface area contributed by atoms with Crippen molar-refractivity contribution in [3.8, 4) is 0 Å². The summed E-state index contributed by atoms with van der Waals surface area (Å²) < 4.78 is 0. The van der Waals surface area contributed by atoms with E-state index < -0.39 is 0 Å².